The predicted molar refractivity (Wildman–Crippen MR) is 33.0 cm³/mol. The van der Waals surface area contributed by atoms with Crippen LogP contribution < -0.4 is 0 Å². The molecule has 4 rings (SSSR count). The first-order valence-corrected chi connectivity index (χ1v) is 3.72. The van der Waals surface area contributed by atoms with Crippen LogP contribution in [0, 0.1) is 5.92 Å². The van der Waals surface area contributed by atoms with Crippen molar-refractivity contribution in [2.45, 2.75) is 18.4 Å². The largest absolute Gasteiger partial charge is 0.364 e. The van der Waals surface area contributed by atoms with Crippen LogP contribution in [0.4, 0.5) is 0 Å². The van der Waals surface area contributed by atoms with E-state index in [9.17, 15) is 0 Å². The molecule has 9 heavy (non-hydrogen) atoms. The van der Waals surface area contributed by atoms with Gasteiger partial charge in [-0.3, -0.25) is 4.90 Å². The monoisotopic (exact) mass is 125 g/mol. The molecule has 1 saturated carbocycles. The van der Waals surface area contributed by atoms with E-state index in [1.807, 2.05) is 0 Å². The SMILES string of the molecule is C1OCC23CC(CN12)C3. The van der Waals surface area contributed by atoms with E-state index in [2.05, 4.69) is 4.90 Å². The Hall–Kier alpha value is -0.0800. The molecule has 0 aromatic heterocycles. The summed E-state index contributed by atoms with van der Waals surface area (Å²) in [6.07, 6.45) is 2.85. The smallest absolute Gasteiger partial charge is 0.0996 e. The van der Waals surface area contributed by atoms with Crippen LogP contribution >= 0.6 is 0 Å². The zero-order valence-corrected chi connectivity index (χ0v) is 5.47. The average Bonchev–Trinajstić information content (AvgIpc) is 2.11. The van der Waals surface area contributed by atoms with E-state index in [0.717, 1.165) is 19.3 Å². The Labute approximate surface area is 54.8 Å². The number of rotatable bonds is 0. The predicted octanol–water partition coefficient (Wildman–Crippen LogP) is 0.439. The molecule has 0 atom stereocenters. The fraction of sp³-hybridized carbons (Fsp3) is 1.00. The van der Waals surface area contributed by atoms with Crippen molar-refractivity contribution in [2.75, 3.05) is 19.9 Å². The summed E-state index contributed by atoms with van der Waals surface area (Å²) in [5.74, 6) is 1.04. The van der Waals surface area contributed by atoms with Gasteiger partial charge in [-0.1, -0.05) is 0 Å². The lowest BCUT2D eigenvalue weighted by molar-refractivity contribution is 0.126. The Bertz CT molecular complexity index is 143. The Morgan fingerprint density at radius 3 is 3.11 bits per heavy atom. The van der Waals surface area contributed by atoms with Crippen molar-refractivity contribution in [3.63, 3.8) is 0 Å². The zero-order chi connectivity index (χ0) is 5.90. The van der Waals surface area contributed by atoms with Crippen LogP contribution in [0.15, 0.2) is 0 Å². The van der Waals surface area contributed by atoms with Crippen molar-refractivity contribution in [3.8, 4) is 0 Å². The number of hydrogen-bond acceptors (Lipinski definition) is 2. The second-order valence-corrected chi connectivity index (χ2v) is 3.70. The lowest BCUT2D eigenvalue weighted by atomic mass is 9.74. The standard InChI is InChI=1S/C7H11NO/c1-6-2-7(1)4-9-5-8(7)3-6/h6H,1-5H2. The van der Waals surface area contributed by atoms with Crippen LogP contribution in [-0.4, -0.2) is 30.3 Å². The molecule has 0 aromatic carbocycles. The Balaban J connectivity index is 2.00. The maximum atomic E-state index is 5.38. The van der Waals surface area contributed by atoms with Gasteiger partial charge in [0.1, 0.15) is 0 Å². The van der Waals surface area contributed by atoms with Crippen LogP contribution in [0.25, 0.3) is 0 Å². The van der Waals surface area contributed by atoms with E-state index < -0.39 is 0 Å². The molecule has 0 radical (unpaired) electrons. The second kappa shape index (κ2) is 1.18. The number of nitrogens with zero attached hydrogens (tertiary/aromatic N) is 1. The number of ether oxygens (including phenoxy) is 1. The summed E-state index contributed by atoms with van der Waals surface area (Å²) in [4.78, 5) is 2.51. The highest BCUT2D eigenvalue weighted by Crippen LogP contribution is 2.52. The minimum absolute atomic E-state index is 0.560. The Morgan fingerprint density at radius 2 is 2.33 bits per heavy atom. The van der Waals surface area contributed by atoms with Gasteiger partial charge < -0.3 is 4.74 Å². The summed E-state index contributed by atoms with van der Waals surface area (Å²) in [6, 6.07) is 0. The van der Waals surface area contributed by atoms with Crippen LogP contribution in [0.3, 0.4) is 0 Å². The molecule has 4 aliphatic rings. The summed E-state index contributed by atoms with van der Waals surface area (Å²) >= 11 is 0. The molecule has 3 heterocycles. The lowest BCUT2D eigenvalue weighted by Gasteiger charge is -2.35. The van der Waals surface area contributed by atoms with Crippen molar-refractivity contribution in [2.24, 2.45) is 5.92 Å². The third kappa shape index (κ3) is 0.383. The summed E-state index contributed by atoms with van der Waals surface area (Å²) in [7, 11) is 0. The van der Waals surface area contributed by atoms with Gasteiger partial charge in [-0.25, -0.2) is 0 Å². The van der Waals surface area contributed by atoms with Gasteiger partial charge in [0, 0.05) is 12.1 Å². The highest BCUT2D eigenvalue weighted by atomic mass is 16.5. The average molecular weight is 125 g/mol. The molecule has 2 bridgehead atoms. The van der Waals surface area contributed by atoms with Gasteiger partial charge >= 0.3 is 0 Å². The van der Waals surface area contributed by atoms with Crippen molar-refractivity contribution in [1.29, 1.82) is 0 Å². The van der Waals surface area contributed by atoms with Crippen LogP contribution in [-0.2, 0) is 4.74 Å². The van der Waals surface area contributed by atoms with E-state index in [-0.39, 0.29) is 0 Å². The van der Waals surface area contributed by atoms with Crippen molar-refractivity contribution in [1.82, 2.24) is 4.90 Å². The first kappa shape index (κ1) is 4.69. The Kier molecular flexibility index (Phi) is 0.616. The van der Waals surface area contributed by atoms with Gasteiger partial charge in [-0.05, 0) is 18.8 Å². The zero-order valence-electron chi connectivity index (χ0n) is 5.47. The van der Waals surface area contributed by atoms with Crippen molar-refractivity contribution < 1.29 is 4.74 Å². The molecule has 4 fully saturated rings. The minimum Gasteiger partial charge on any atom is -0.364 e. The van der Waals surface area contributed by atoms with E-state index in [1.54, 1.807) is 0 Å². The summed E-state index contributed by atoms with van der Waals surface area (Å²) in [5.41, 5.74) is 0.560. The molecule has 0 unspecified atom stereocenters. The molecule has 2 heteroatoms. The molecule has 1 spiro atoms. The highest BCUT2D eigenvalue weighted by molar-refractivity contribution is 5.11. The summed E-state index contributed by atoms with van der Waals surface area (Å²) in [5, 5.41) is 0. The van der Waals surface area contributed by atoms with E-state index >= 15 is 0 Å². The maximum Gasteiger partial charge on any atom is 0.0996 e. The van der Waals surface area contributed by atoms with E-state index in [1.165, 1.54) is 19.4 Å². The van der Waals surface area contributed by atoms with Gasteiger partial charge in [-0.15, -0.1) is 0 Å². The van der Waals surface area contributed by atoms with Gasteiger partial charge in [-0.2, -0.15) is 0 Å². The first-order chi connectivity index (χ1) is 4.39. The molecule has 2 nitrogen and oxygen atoms in total. The molecule has 1 aliphatic carbocycles. The minimum atomic E-state index is 0.560. The molecule has 3 aliphatic heterocycles. The van der Waals surface area contributed by atoms with Gasteiger partial charge in [0.2, 0.25) is 0 Å². The summed E-state index contributed by atoms with van der Waals surface area (Å²) < 4.78 is 5.38. The molecule has 0 N–H and O–H groups in total. The third-order valence-electron chi connectivity index (χ3n) is 3.10. The third-order valence-corrected chi connectivity index (χ3v) is 3.10. The highest BCUT2D eigenvalue weighted by Gasteiger charge is 2.58. The van der Waals surface area contributed by atoms with Gasteiger partial charge in [0.05, 0.1) is 13.3 Å². The van der Waals surface area contributed by atoms with Crippen molar-refractivity contribution >= 4 is 0 Å². The van der Waals surface area contributed by atoms with Crippen LogP contribution in [0.5, 0.6) is 0 Å². The maximum absolute atomic E-state index is 5.38. The molecule has 0 aromatic rings. The molecule has 0 amide bonds. The first-order valence-electron chi connectivity index (χ1n) is 3.72. The summed E-state index contributed by atoms with van der Waals surface area (Å²) in [6.45, 7) is 3.25. The second-order valence-electron chi connectivity index (χ2n) is 3.70. The van der Waals surface area contributed by atoms with Gasteiger partial charge in [0.15, 0.2) is 0 Å². The normalized spacial score (nSPS) is 55.3. The van der Waals surface area contributed by atoms with E-state index in [4.69, 9.17) is 4.74 Å². The quantitative estimate of drug-likeness (QED) is 0.465. The van der Waals surface area contributed by atoms with Crippen molar-refractivity contribution in [3.05, 3.63) is 0 Å². The fourth-order valence-corrected chi connectivity index (χ4v) is 2.65. The molecular weight excluding hydrogens is 114 g/mol. The van der Waals surface area contributed by atoms with Crippen LogP contribution in [0.1, 0.15) is 12.8 Å². The molecular formula is C7H11NO. The topological polar surface area (TPSA) is 12.5 Å². The molecule has 3 saturated heterocycles. The van der Waals surface area contributed by atoms with Gasteiger partial charge in [0.25, 0.3) is 0 Å². The number of hydrogen-bond donors (Lipinski definition) is 0. The lowest BCUT2D eigenvalue weighted by Crippen LogP contribution is -2.43. The van der Waals surface area contributed by atoms with Crippen LogP contribution in [0.2, 0.25) is 0 Å². The molecule has 50 valence electrons. The fourth-order valence-electron chi connectivity index (χ4n) is 2.65. The van der Waals surface area contributed by atoms with E-state index in [0.29, 0.717) is 5.54 Å². The Morgan fingerprint density at radius 1 is 1.44 bits per heavy atom.